The molecule has 0 spiro atoms. The molecule has 1 amide bonds. The van der Waals surface area contributed by atoms with Crippen LogP contribution in [0.25, 0.3) is 0 Å². The maximum atomic E-state index is 11.2. The van der Waals surface area contributed by atoms with Crippen LogP contribution in [0.5, 0.6) is 0 Å². The van der Waals surface area contributed by atoms with E-state index >= 15 is 0 Å². The first-order chi connectivity index (χ1) is 11.7. The summed E-state index contributed by atoms with van der Waals surface area (Å²) in [6.45, 7) is 5.56. The van der Waals surface area contributed by atoms with E-state index in [1.165, 1.54) is 4.90 Å². The molecule has 1 aromatic carbocycles. The molecule has 1 aromatic rings. The lowest BCUT2D eigenvalue weighted by Crippen LogP contribution is -2.47. The second kappa shape index (κ2) is 12.4. The lowest BCUT2D eigenvalue weighted by Gasteiger charge is -2.34. The number of nitrogens with two attached hydrogens (primary N) is 1. The fraction of sp³-hybridized carbons (Fsp3) is 0.556. The highest BCUT2D eigenvalue weighted by molar-refractivity contribution is 14.0. The average Bonchev–Trinajstić information content (AvgIpc) is 2.58. The molecule has 0 aromatic heterocycles. The number of primary amides is 1. The van der Waals surface area contributed by atoms with Gasteiger partial charge < -0.3 is 16.0 Å². The van der Waals surface area contributed by atoms with Gasteiger partial charge in [0.25, 0.3) is 0 Å². The van der Waals surface area contributed by atoms with E-state index in [1.54, 1.807) is 0 Å². The van der Waals surface area contributed by atoms with E-state index in [9.17, 15) is 4.79 Å². The van der Waals surface area contributed by atoms with Crippen LogP contribution in [-0.4, -0.2) is 48.7 Å². The summed E-state index contributed by atoms with van der Waals surface area (Å²) >= 11 is 1.82. The van der Waals surface area contributed by atoms with Gasteiger partial charge in [0.05, 0.1) is 6.54 Å². The van der Waals surface area contributed by atoms with Crippen molar-refractivity contribution >= 4 is 47.6 Å². The van der Waals surface area contributed by atoms with Crippen molar-refractivity contribution in [2.45, 2.75) is 31.1 Å². The number of hydrogen-bond donors (Lipinski definition) is 2. The third-order valence-corrected chi connectivity index (χ3v) is 5.00. The highest BCUT2D eigenvalue weighted by atomic mass is 127. The molecule has 0 aliphatic carbocycles. The van der Waals surface area contributed by atoms with Crippen molar-refractivity contribution in [2.24, 2.45) is 16.6 Å². The van der Waals surface area contributed by atoms with Crippen LogP contribution in [0.3, 0.4) is 0 Å². The van der Waals surface area contributed by atoms with Gasteiger partial charge in [-0.15, -0.1) is 35.7 Å². The standard InChI is InChI=1S/C18H28N4OS.HI/c1-2-20-18(21-10-12-24-16-8-4-3-5-9-16)22-11-6-7-15(14-22)13-17(19)23;/h3-5,8-9,15H,2,6-7,10-14H2,1H3,(H2,19,23)(H,20,21);1H. The van der Waals surface area contributed by atoms with Crippen LogP contribution in [0, 0.1) is 5.92 Å². The number of piperidine rings is 1. The molecule has 5 nitrogen and oxygen atoms in total. The van der Waals surface area contributed by atoms with Gasteiger partial charge >= 0.3 is 0 Å². The van der Waals surface area contributed by atoms with E-state index in [4.69, 9.17) is 10.7 Å². The summed E-state index contributed by atoms with van der Waals surface area (Å²) in [5.41, 5.74) is 5.35. The Morgan fingerprint density at radius 2 is 2.16 bits per heavy atom. The molecule has 1 heterocycles. The zero-order valence-corrected chi connectivity index (χ0v) is 18.0. The predicted molar refractivity (Wildman–Crippen MR) is 117 cm³/mol. The molecule has 1 saturated heterocycles. The Labute approximate surface area is 172 Å². The Bertz CT molecular complexity index is 541. The SMILES string of the molecule is CCNC(=NCCSc1ccccc1)N1CCCC(CC(N)=O)C1.I. The smallest absolute Gasteiger partial charge is 0.217 e. The van der Waals surface area contributed by atoms with E-state index in [0.29, 0.717) is 12.3 Å². The Balaban J connectivity index is 0.00000312. The monoisotopic (exact) mass is 476 g/mol. The highest BCUT2D eigenvalue weighted by Gasteiger charge is 2.23. The van der Waals surface area contributed by atoms with E-state index in [0.717, 1.165) is 50.7 Å². The number of rotatable bonds is 7. The molecule has 1 aliphatic rings. The number of benzene rings is 1. The zero-order chi connectivity index (χ0) is 17.2. The zero-order valence-electron chi connectivity index (χ0n) is 14.8. The molecule has 0 radical (unpaired) electrons. The van der Waals surface area contributed by atoms with Crippen molar-refractivity contribution in [3.05, 3.63) is 30.3 Å². The Morgan fingerprint density at radius 1 is 1.40 bits per heavy atom. The summed E-state index contributed by atoms with van der Waals surface area (Å²) in [5, 5.41) is 3.38. The molecule has 140 valence electrons. The molecular formula is C18H29IN4OS. The first-order valence-electron chi connectivity index (χ1n) is 8.68. The number of nitrogens with zero attached hydrogens (tertiary/aromatic N) is 2. The third-order valence-electron chi connectivity index (χ3n) is 4.01. The molecule has 1 atom stereocenters. The van der Waals surface area contributed by atoms with Crippen LogP contribution in [-0.2, 0) is 4.79 Å². The molecule has 1 aliphatic heterocycles. The first kappa shape index (κ1) is 22.1. The number of likely N-dealkylation sites (tertiary alicyclic amines) is 1. The van der Waals surface area contributed by atoms with Gasteiger partial charge in [0.2, 0.25) is 5.91 Å². The van der Waals surface area contributed by atoms with Crippen LogP contribution in [0.2, 0.25) is 0 Å². The minimum Gasteiger partial charge on any atom is -0.370 e. The normalized spacial score (nSPS) is 17.7. The molecule has 25 heavy (non-hydrogen) atoms. The largest absolute Gasteiger partial charge is 0.370 e. The van der Waals surface area contributed by atoms with Crippen molar-refractivity contribution in [1.29, 1.82) is 0 Å². The molecule has 0 saturated carbocycles. The van der Waals surface area contributed by atoms with Gasteiger partial charge in [-0.05, 0) is 37.8 Å². The van der Waals surface area contributed by atoms with Crippen LogP contribution < -0.4 is 11.1 Å². The fourth-order valence-corrected chi connectivity index (χ4v) is 3.73. The Hall–Kier alpha value is -0.960. The van der Waals surface area contributed by atoms with Gasteiger partial charge in [0.15, 0.2) is 5.96 Å². The molecular weight excluding hydrogens is 447 g/mol. The number of thioether (sulfide) groups is 1. The van der Waals surface area contributed by atoms with Gasteiger partial charge in [-0.3, -0.25) is 9.79 Å². The van der Waals surface area contributed by atoms with Crippen molar-refractivity contribution in [3.63, 3.8) is 0 Å². The number of carbonyl (C=O) groups excluding carboxylic acids is 1. The van der Waals surface area contributed by atoms with Gasteiger partial charge in [-0.2, -0.15) is 0 Å². The number of guanidine groups is 1. The maximum Gasteiger partial charge on any atom is 0.217 e. The summed E-state index contributed by atoms with van der Waals surface area (Å²) in [7, 11) is 0. The number of carbonyl (C=O) groups is 1. The molecule has 1 fully saturated rings. The summed E-state index contributed by atoms with van der Waals surface area (Å²) in [4.78, 5) is 19.5. The topological polar surface area (TPSA) is 70.7 Å². The minimum absolute atomic E-state index is 0. The molecule has 1 unspecified atom stereocenters. The number of hydrogen-bond acceptors (Lipinski definition) is 3. The number of aliphatic imine (C=N–C) groups is 1. The number of halogens is 1. The van der Waals surface area contributed by atoms with Gasteiger partial charge in [-0.25, -0.2) is 0 Å². The minimum atomic E-state index is -0.206. The summed E-state index contributed by atoms with van der Waals surface area (Å²) in [6.07, 6.45) is 2.63. The van der Waals surface area contributed by atoms with E-state index in [1.807, 2.05) is 17.8 Å². The number of nitrogens with one attached hydrogen (secondary N) is 1. The van der Waals surface area contributed by atoms with Crippen LogP contribution >= 0.6 is 35.7 Å². The third kappa shape index (κ3) is 8.31. The van der Waals surface area contributed by atoms with E-state index < -0.39 is 0 Å². The molecule has 7 heteroatoms. The Kier molecular flexibility index (Phi) is 11.0. The van der Waals surface area contributed by atoms with E-state index in [-0.39, 0.29) is 29.9 Å². The average molecular weight is 476 g/mol. The van der Waals surface area contributed by atoms with Crippen molar-refractivity contribution in [2.75, 3.05) is 31.9 Å². The summed E-state index contributed by atoms with van der Waals surface area (Å²) < 4.78 is 0. The van der Waals surface area contributed by atoms with Crippen molar-refractivity contribution < 1.29 is 4.79 Å². The van der Waals surface area contributed by atoms with Crippen molar-refractivity contribution in [3.8, 4) is 0 Å². The van der Waals surface area contributed by atoms with Crippen molar-refractivity contribution in [1.82, 2.24) is 10.2 Å². The predicted octanol–water partition coefficient (Wildman–Crippen LogP) is 2.95. The fourth-order valence-electron chi connectivity index (χ4n) is 2.97. The van der Waals surface area contributed by atoms with Gasteiger partial charge in [-0.1, -0.05) is 18.2 Å². The van der Waals surface area contributed by atoms with Gasteiger partial charge in [0, 0.05) is 36.7 Å². The van der Waals surface area contributed by atoms with Crippen LogP contribution in [0.15, 0.2) is 40.2 Å². The lowest BCUT2D eigenvalue weighted by atomic mass is 9.95. The second-order valence-corrected chi connectivity index (χ2v) is 7.19. The van der Waals surface area contributed by atoms with E-state index in [2.05, 4.69) is 41.4 Å². The van der Waals surface area contributed by atoms with Gasteiger partial charge in [0.1, 0.15) is 0 Å². The Morgan fingerprint density at radius 3 is 2.84 bits per heavy atom. The second-order valence-electron chi connectivity index (χ2n) is 6.02. The molecule has 0 bridgehead atoms. The summed E-state index contributed by atoms with van der Waals surface area (Å²) in [5.74, 6) is 2.06. The number of amides is 1. The summed E-state index contributed by atoms with van der Waals surface area (Å²) in [6, 6.07) is 10.4. The maximum absolute atomic E-state index is 11.2. The lowest BCUT2D eigenvalue weighted by molar-refractivity contribution is -0.119. The van der Waals surface area contributed by atoms with Crippen LogP contribution in [0.4, 0.5) is 0 Å². The first-order valence-corrected chi connectivity index (χ1v) is 9.67. The molecule has 3 N–H and O–H groups in total. The quantitative estimate of drug-likeness (QED) is 0.209. The highest BCUT2D eigenvalue weighted by Crippen LogP contribution is 2.20. The van der Waals surface area contributed by atoms with Crippen LogP contribution in [0.1, 0.15) is 26.2 Å². The molecule has 2 rings (SSSR count).